The number of aliphatic imine (C=N–C) groups is 2. The second-order valence-electron chi connectivity index (χ2n) is 18.9. The lowest BCUT2D eigenvalue weighted by molar-refractivity contribution is 0.390. The van der Waals surface area contributed by atoms with Crippen molar-refractivity contribution in [1.82, 2.24) is 0 Å². The number of hydrogen-bond donors (Lipinski definition) is 2. The van der Waals surface area contributed by atoms with Crippen molar-refractivity contribution in [2.24, 2.45) is 9.98 Å². The molecule has 0 aromatic heterocycles. The zero-order chi connectivity index (χ0) is 42.7. The first-order chi connectivity index (χ1) is 28.6. The normalized spacial score (nSPS) is 16.7. The van der Waals surface area contributed by atoms with E-state index in [-0.39, 0.29) is 34.4 Å². The zero-order valence-corrected chi connectivity index (χ0v) is 36.8. The van der Waals surface area contributed by atoms with Gasteiger partial charge in [-0.05, 0) is 58.4 Å². The number of hydrogen-bond acceptors (Lipinski definition) is 4. The molecule has 0 bridgehead atoms. The lowest BCUT2D eigenvalue weighted by Gasteiger charge is -2.32. The van der Waals surface area contributed by atoms with Crippen LogP contribution >= 0.6 is 0 Å². The molecule has 0 heterocycles. The Morgan fingerprint density at radius 3 is 0.983 bits per heavy atom. The minimum atomic E-state index is -0.464. The lowest BCUT2D eigenvalue weighted by Crippen LogP contribution is -2.27. The predicted molar refractivity (Wildman–Crippen MR) is 252 cm³/mol. The van der Waals surface area contributed by atoms with E-state index in [1.807, 2.05) is 24.6 Å². The molecule has 0 radical (unpaired) electrons. The van der Waals surface area contributed by atoms with Crippen LogP contribution in [0.4, 0.5) is 0 Å². The van der Waals surface area contributed by atoms with Gasteiger partial charge in [0.15, 0.2) is 0 Å². The van der Waals surface area contributed by atoms with E-state index in [2.05, 4.69) is 189 Å². The number of phenols is 2. The summed E-state index contributed by atoms with van der Waals surface area (Å²) in [6, 6.07) is 50.4. The van der Waals surface area contributed by atoms with E-state index in [1.54, 1.807) is 0 Å². The number of aromatic hydroxyl groups is 2. The molecule has 308 valence electrons. The second-order valence-corrected chi connectivity index (χ2v) is 18.9. The van der Waals surface area contributed by atoms with Crippen LogP contribution in [0.25, 0.3) is 0 Å². The molecule has 0 spiro atoms. The van der Waals surface area contributed by atoms with Crippen molar-refractivity contribution in [2.75, 3.05) is 0 Å². The second kappa shape index (κ2) is 17.1. The Hall–Kier alpha value is -5.74. The maximum Gasteiger partial charge on any atom is 0.128 e. The summed E-state index contributed by atoms with van der Waals surface area (Å²) in [4.78, 5) is 10.5. The van der Waals surface area contributed by atoms with E-state index in [4.69, 9.17) is 9.98 Å². The van der Waals surface area contributed by atoms with Gasteiger partial charge in [-0.25, -0.2) is 0 Å². The number of phenolic OH excluding ortho intramolecular Hbond substituents is 2. The van der Waals surface area contributed by atoms with Gasteiger partial charge in [0.25, 0.3) is 0 Å². The van der Waals surface area contributed by atoms with Gasteiger partial charge in [-0.2, -0.15) is 0 Å². The third-order valence-corrected chi connectivity index (χ3v) is 13.6. The van der Waals surface area contributed by atoms with Gasteiger partial charge in [0.2, 0.25) is 0 Å². The first-order valence-corrected chi connectivity index (χ1v) is 21.7. The monoisotopic (exact) mass is 794 g/mol. The van der Waals surface area contributed by atoms with Crippen LogP contribution in [0, 0.1) is 0 Å². The molecule has 4 nitrogen and oxygen atoms in total. The van der Waals surface area contributed by atoms with Crippen molar-refractivity contribution < 1.29 is 10.2 Å². The lowest BCUT2D eigenvalue weighted by atomic mass is 9.72. The van der Waals surface area contributed by atoms with Crippen LogP contribution in [-0.4, -0.2) is 34.7 Å². The first kappa shape index (κ1) is 42.4. The van der Waals surface area contributed by atoms with E-state index in [0.29, 0.717) is 11.1 Å². The summed E-state index contributed by atoms with van der Waals surface area (Å²) in [7, 11) is 0. The van der Waals surface area contributed by atoms with Gasteiger partial charge in [-0.1, -0.05) is 202 Å². The minimum Gasteiger partial charge on any atom is -0.507 e. The average molecular weight is 795 g/mol. The Morgan fingerprint density at radius 1 is 0.400 bits per heavy atom. The summed E-state index contributed by atoms with van der Waals surface area (Å²) >= 11 is 0. The molecular formula is C56H62N2O2. The maximum atomic E-state index is 12.1. The molecule has 0 saturated heterocycles. The predicted octanol–water partition coefficient (Wildman–Crippen LogP) is 13.3. The highest BCUT2D eigenvalue weighted by Gasteiger charge is 2.34. The molecule has 6 aromatic rings. The van der Waals surface area contributed by atoms with Gasteiger partial charge in [0.1, 0.15) is 11.5 Å². The quantitative estimate of drug-likeness (QED) is 0.121. The summed E-state index contributed by atoms with van der Waals surface area (Å²) in [5.41, 5.74) is 8.52. The molecule has 1 saturated carbocycles. The van der Waals surface area contributed by atoms with Crippen LogP contribution in [0.15, 0.2) is 156 Å². The highest BCUT2D eigenvalue weighted by Crippen LogP contribution is 2.44. The van der Waals surface area contributed by atoms with Crippen LogP contribution in [0.1, 0.15) is 137 Å². The van der Waals surface area contributed by atoms with Crippen molar-refractivity contribution in [3.8, 4) is 11.5 Å². The molecule has 0 amide bonds. The summed E-state index contributed by atoms with van der Waals surface area (Å²) in [5, 5.41) is 24.2. The standard InChI is InChI=1S/C56H62N2O2/c1-53(2,41-23-13-9-14-24-41)45-33-39(51(59)47(35-45)55(5,6)43-27-17-11-18-28-43)37-57-49-31-21-22-32-50(49)58-38-40-34-46(54(3,4)42-25-15-10-16-26-42)36-48(52(40)60)56(7,8)44-29-19-12-20-30-44/h9-20,23-30,33-38,49-50,59-60H,21-22,31-32H2,1-8H3/b57-37+,58-38+/t49-,50-/m1/s1. The van der Waals surface area contributed by atoms with E-state index >= 15 is 0 Å². The van der Waals surface area contributed by atoms with Crippen molar-refractivity contribution in [3.63, 3.8) is 0 Å². The van der Waals surface area contributed by atoms with E-state index in [9.17, 15) is 10.2 Å². The summed E-state index contributed by atoms with van der Waals surface area (Å²) in [5.74, 6) is 0.514. The fourth-order valence-corrected chi connectivity index (χ4v) is 9.04. The molecule has 1 aliphatic carbocycles. The molecule has 2 atom stereocenters. The van der Waals surface area contributed by atoms with Crippen LogP contribution < -0.4 is 0 Å². The van der Waals surface area contributed by atoms with Gasteiger partial charge in [0, 0.05) is 56.3 Å². The smallest absolute Gasteiger partial charge is 0.128 e. The zero-order valence-electron chi connectivity index (χ0n) is 36.8. The van der Waals surface area contributed by atoms with Crippen molar-refractivity contribution in [1.29, 1.82) is 0 Å². The number of rotatable bonds is 12. The van der Waals surface area contributed by atoms with Crippen LogP contribution in [0.2, 0.25) is 0 Å². The minimum absolute atomic E-state index is 0.0721. The fourth-order valence-electron chi connectivity index (χ4n) is 9.04. The third-order valence-electron chi connectivity index (χ3n) is 13.6. The molecule has 2 N–H and O–H groups in total. The Bertz CT molecular complexity index is 2270. The van der Waals surface area contributed by atoms with Gasteiger partial charge < -0.3 is 10.2 Å². The van der Waals surface area contributed by atoms with E-state index in [1.165, 1.54) is 11.1 Å². The molecule has 4 heteroatoms. The van der Waals surface area contributed by atoms with Gasteiger partial charge in [-0.15, -0.1) is 0 Å². The van der Waals surface area contributed by atoms with Gasteiger partial charge in [0.05, 0.1) is 12.1 Å². The van der Waals surface area contributed by atoms with Crippen molar-refractivity contribution in [2.45, 2.75) is 115 Å². The molecule has 60 heavy (non-hydrogen) atoms. The Morgan fingerprint density at radius 2 is 0.683 bits per heavy atom. The van der Waals surface area contributed by atoms with Crippen LogP contribution in [0.5, 0.6) is 11.5 Å². The fraction of sp³-hybridized carbons (Fsp3) is 0.321. The van der Waals surface area contributed by atoms with E-state index in [0.717, 1.165) is 59.1 Å². The van der Waals surface area contributed by atoms with Crippen molar-refractivity contribution in [3.05, 3.63) is 201 Å². The molecular weight excluding hydrogens is 733 g/mol. The number of nitrogens with zero attached hydrogens (tertiary/aromatic N) is 2. The summed E-state index contributed by atoms with van der Waals surface area (Å²) in [6.07, 6.45) is 7.71. The third kappa shape index (κ3) is 8.48. The van der Waals surface area contributed by atoms with Gasteiger partial charge >= 0.3 is 0 Å². The maximum absolute atomic E-state index is 12.1. The van der Waals surface area contributed by atoms with Crippen LogP contribution in [-0.2, 0) is 21.7 Å². The Balaban J connectivity index is 1.28. The molecule has 0 unspecified atom stereocenters. The first-order valence-electron chi connectivity index (χ1n) is 21.7. The molecule has 1 fully saturated rings. The Kier molecular flexibility index (Phi) is 12.1. The van der Waals surface area contributed by atoms with E-state index < -0.39 is 10.8 Å². The number of benzene rings is 6. The molecule has 1 aliphatic rings. The summed E-state index contributed by atoms with van der Waals surface area (Å²) < 4.78 is 0. The topological polar surface area (TPSA) is 65.2 Å². The van der Waals surface area contributed by atoms with Crippen molar-refractivity contribution >= 4 is 12.4 Å². The van der Waals surface area contributed by atoms with Gasteiger partial charge in [-0.3, -0.25) is 9.98 Å². The molecule has 6 aromatic carbocycles. The SMILES string of the molecule is CC(C)(c1ccccc1)c1cc(/C=N/[C@@H]2CCCC[C@H]2/N=C/c2cc(C(C)(C)c3ccccc3)cc(C(C)(C)c3ccccc3)c2O)c(O)c(C(C)(C)c2ccccc2)c1. The van der Waals surface area contributed by atoms with Crippen LogP contribution in [0.3, 0.4) is 0 Å². The highest BCUT2D eigenvalue weighted by atomic mass is 16.3. The molecule has 0 aliphatic heterocycles. The Labute approximate surface area is 358 Å². The average Bonchev–Trinajstić information content (AvgIpc) is 3.27. The largest absolute Gasteiger partial charge is 0.507 e. The summed E-state index contributed by atoms with van der Waals surface area (Å²) in [6.45, 7) is 17.7. The molecule has 7 rings (SSSR count). The highest BCUT2D eigenvalue weighted by molar-refractivity contribution is 5.87.